The van der Waals surface area contributed by atoms with Crippen molar-refractivity contribution in [3.8, 4) is 34.4 Å². The highest BCUT2D eigenvalue weighted by Gasteiger charge is 2.16. The fourth-order valence-electron chi connectivity index (χ4n) is 2.42. The summed E-state index contributed by atoms with van der Waals surface area (Å²) in [5.74, 6) is 2.03. The molecule has 0 saturated carbocycles. The molecule has 0 bridgehead atoms. The molecule has 0 aliphatic heterocycles. The summed E-state index contributed by atoms with van der Waals surface area (Å²) in [6.07, 6.45) is 1.60. The second kappa shape index (κ2) is 8.01. The Labute approximate surface area is 160 Å². The molecule has 0 fully saturated rings. The summed E-state index contributed by atoms with van der Waals surface area (Å²) in [7, 11) is 4.59. The van der Waals surface area contributed by atoms with Gasteiger partial charge in [0.15, 0.2) is 11.5 Å². The number of halogens is 1. The van der Waals surface area contributed by atoms with Gasteiger partial charge in [0.1, 0.15) is 16.5 Å². The van der Waals surface area contributed by atoms with E-state index in [0.29, 0.717) is 34.2 Å². The van der Waals surface area contributed by atoms with Gasteiger partial charge in [0.2, 0.25) is 5.82 Å². The molecule has 0 saturated heterocycles. The van der Waals surface area contributed by atoms with Crippen molar-refractivity contribution < 1.29 is 23.8 Å². The first-order valence-electron chi connectivity index (χ1n) is 7.86. The van der Waals surface area contributed by atoms with Crippen molar-refractivity contribution in [1.82, 2.24) is 10.1 Å². The molecule has 0 radical (unpaired) electrons. The molecule has 7 nitrogen and oxygen atoms in total. The molecule has 2 aromatic carbocycles. The van der Waals surface area contributed by atoms with E-state index in [1.807, 2.05) is 0 Å². The number of ether oxygens (including phenoxy) is 3. The lowest BCUT2D eigenvalue weighted by Gasteiger charge is -2.07. The minimum atomic E-state index is 0.00454. The molecular formula is C19H17ClN2O5. The molecule has 27 heavy (non-hydrogen) atoms. The van der Waals surface area contributed by atoms with Crippen molar-refractivity contribution in [3.63, 3.8) is 0 Å². The van der Waals surface area contributed by atoms with Gasteiger partial charge in [0.25, 0.3) is 5.89 Å². The zero-order valence-corrected chi connectivity index (χ0v) is 15.6. The zero-order chi connectivity index (χ0) is 19.4. The van der Waals surface area contributed by atoms with E-state index in [0.717, 1.165) is 0 Å². The summed E-state index contributed by atoms with van der Waals surface area (Å²) < 4.78 is 20.8. The molecule has 0 atom stereocenters. The highest BCUT2D eigenvalue weighted by atomic mass is 35.5. The molecule has 1 heterocycles. The minimum absolute atomic E-state index is 0.00454. The summed E-state index contributed by atoms with van der Waals surface area (Å²) in [5, 5.41) is 14.0. The second-order valence-electron chi connectivity index (χ2n) is 5.41. The lowest BCUT2D eigenvalue weighted by Crippen LogP contribution is -1.91. The predicted molar refractivity (Wildman–Crippen MR) is 101 cm³/mol. The molecule has 0 spiro atoms. The zero-order valence-electron chi connectivity index (χ0n) is 14.9. The monoisotopic (exact) mass is 388 g/mol. The van der Waals surface area contributed by atoms with Gasteiger partial charge in [0.05, 0.1) is 26.9 Å². The topological polar surface area (TPSA) is 86.8 Å². The number of phenolic OH excluding ortho intramolecular Hbond substituents is 1. The standard InChI is InChI=1S/C19H17ClN2O5/c1-24-12-5-6-13(17(10-12)26-3)18-21-19(27-22-18)14(20)8-11-4-7-16(25-2)15(23)9-11/h4-10,23H,1-3H3/b14-8-. The molecule has 140 valence electrons. The number of rotatable bonds is 6. The fourth-order valence-corrected chi connectivity index (χ4v) is 2.62. The van der Waals surface area contributed by atoms with E-state index >= 15 is 0 Å². The van der Waals surface area contributed by atoms with Crippen LogP contribution in [0.2, 0.25) is 0 Å². The number of aromatic nitrogens is 2. The van der Waals surface area contributed by atoms with E-state index < -0.39 is 0 Å². The fraction of sp³-hybridized carbons (Fsp3) is 0.158. The van der Waals surface area contributed by atoms with Crippen molar-refractivity contribution in [2.75, 3.05) is 21.3 Å². The van der Waals surface area contributed by atoms with Crippen LogP contribution >= 0.6 is 11.6 Å². The van der Waals surface area contributed by atoms with Gasteiger partial charge in [-0.05, 0) is 35.9 Å². The maximum atomic E-state index is 9.86. The smallest absolute Gasteiger partial charge is 0.269 e. The van der Waals surface area contributed by atoms with Crippen LogP contribution in [0.1, 0.15) is 11.5 Å². The lowest BCUT2D eigenvalue weighted by atomic mass is 10.1. The molecule has 3 rings (SSSR count). The van der Waals surface area contributed by atoms with E-state index in [1.165, 1.54) is 13.2 Å². The van der Waals surface area contributed by atoms with E-state index in [9.17, 15) is 5.11 Å². The Morgan fingerprint density at radius 2 is 1.81 bits per heavy atom. The van der Waals surface area contributed by atoms with Gasteiger partial charge in [0, 0.05) is 6.07 Å². The van der Waals surface area contributed by atoms with E-state index in [1.54, 1.807) is 50.6 Å². The first-order valence-corrected chi connectivity index (χ1v) is 8.24. The molecule has 1 aromatic heterocycles. The Morgan fingerprint density at radius 3 is 2.48 bits per heavy atom. The number of methoxy groups -OCH3 is 3. The third kappa shape index (κ3) is 3.98. The number of hydrogen-bond donors (Lipinski definition) is 1. The SMILES string of the molecule is COc1ccc(-c2noc(/C(Cl)=C/c3ccc(OC)c(O)c3)n2)c(OC)c1. The first kappa shape index (κ1) is 18.6. The predicted octanol–water partition coefficient (Wildman–Crippen LogP) is 4.20. The number of phenols is 1. The molecule has 0 unspecified atom stereocenters. The van der Waals surface area contributed by atoms with Gasteiger partial charge >= 0.3 is 0 Å². The molecular weight excluding hydrogens is 372 g/mol. The normalized spacial score (nSPS) is 11.3. The largest absolute Gasteiger partial charge is 0.504 e. The third-order valence-electron chi connectivity index (χ3n) is 3.78. The molecule has 0 amide bonds. The Bertz CT molecular complexity index is 984. The summed E-state index contributed by atoms with van der Waals surface area (Å²) in [6.45, 7) is 0. The molecule has 8 heteroatoms. The highest BCUT2D eigenvalue weighted by molar-refractivity contribution is 6.50. The van der Waals surface area contributed by atoms with Crippen molar-refractivity contribution in [3.05, 3.63) is 47.9 Å². The van der Waals surface area contributed by atoms with Gasteiger partial charge < -0.3 is 23.8 Å². The quantitative estimate of drug-likeness (QED) is 0.676. The van der Waals surface area contributed by atoms with Crippen molar-refractivity contribution >= 4 is 22.7 Å². The number of nitrogens with zero attached hydrogens (tertiary/aromatic N) is 2. The summed E-state index contributed by atoms with van der Waals surface area (Å²) >= 11 is 6.29. The van der Waals surface area contributed by atoms with Gasteiger partial charge in [-0.2, -0.15) is 4.98 Å². The van der Waals surface area contributed by atoms with Gasteiger partial charge in [-0.1, -0.05) is 22.8 Å². The van der Waals surface area contributed by atoms with Gasteiger partial charge in [-0.15, -0.1) is 0 Å². The Morgan fingerprint density at radius 1 is 1.04 bits per heavy atom. The maximum absolute atomic E-state index is 9.86. The van der Waals surface area contributed by atoms with Crippen molar-refractivity contribution in [1.29, 1.82) is 0 Å². The molecule has 3 aromatic rings. The van der Waals surface area contributed by atoms with E-state index in [2.05, 4.69) is 10.1 Å². The van der Waals surface area contributed by atoms with Gasteiger partial charge in [-0.3, -0.25) is 0 Å². The average molecular weight is 389 g/mol. The van der Waals surface area contributed by atoms with Crippen LogP contribution in [-0.2, 0) is 0 Å². The summed E-state index contributed by atoms with van der Waals surface area (Å²) in [5.41, 5.74) is 1.29. The van der Waals surface area contributed by atoms with E-state index in [4.69, 9.17) is 30.3 Å². The summed E-state index contributed by atoms with van der Waals surface area (Å²) in [6, 6.07) is 10.2. The van der Waals surface area contributed by atoms with E-state index in [-0.39, 0.29) is 16.7 Å². The van der Waals surface area contributed by atoms with Crippen LogP contribution in [0.5, 0.6) is 23.0 Å². The molecule has 0 aliphatic carbocycles. The number of benzene rings is 2. The maximum Gasteiger partial charge on any atom is 0.269 e. The van der Waals surface area contributed by atoms with Crippen LogP contribution in [0.4, 0.5) is 0 Å². The van der Waals surface area contributed by atoms with Crippen molar-refractivity contribution in [2.45, 2.75) is 0 Å². The molecule has 1 N–H and O–H groups in total. The summed E-state index contributed by atoms with van der Waals surface area (Å²) in [4.78, 5) is 4.31. The molecule has 0 aliphatic rings. The van der Waals surface area contributed by atoms with Crippen LogP contribution in [0.15, 0.2) is 40.9 Å². The average Bonchev–Trinajstić information content (AvgIpc) is 3.17. The highest BCUT2D eigenvalue weighted by Crippen LogP contribution is 2.33. The first-order chi connectivity index (χ1) is 13.0. The van der Waals surface area contributed by atoms with Crippen LogP contribution in [0, 0.1) is 0 Å². The van der Waals surface area contributed by atoms with Crippen LogP contribution in [0.3, 0.4) is 0 Å². The third-order valence-corrected chi connectivity index (χ3v) is 4.05. The van der Waals surface area contributed by atoms with Crippen LogP contribution in [-0.4, -0.2) is 36.6 Å². The second-order valence-corrected chi connectivity index (χ2v) is 5.82. The van der Waals surface area contributed by atoms with Gasteiger partial charge in [-0.25, -0.2) is 0 Å². The Balaban J connectivity index is 1.90. The Kier molecular flexibility index (Phi) is 5.52. The van der Waals surface area contributed by atoms with Crippen LogP contribution < -0.4 is 14.2 Å². The van der Waals surface area contributed by atoms with Crippen LogP contribution in [0.25, 0.3) is 22.5 Å². The number of aromatic hydroxyl groups is 1. The van der Waals surface area contributed by atoms with Crippen molar-refractivity contribution in [2.24, 2.45) is 0 Å². The lowest BCUT2D eigenvalue weighted by molar-refractivity contribution is 0.373. The number of hydrogen-bond acceptors (Lipinski definition) is 7. The minimum Gasteiger partial charge on any atom is -0.504 e. The Hall–Kier alpha value is -3.19.